The van der Waals surface area contributed by atoms with Crippen molar-refractivity contribution in [3.63, 3.8) is 0 Å². The first-order valence-electron chi connectivity index (χ1n) is 11.7. The van der Waals surface area contributed by atoms with Crippen molar-refractivity contribution in [2.45, 2.75) is 57.2 Å². The van der Waals surface area contributed by atoms with Gasteiger partial charge in [0.05, 0.1) is 6.54 Å². The zero-order chi connectivity index (χ0) is 22.6. The highest BCUT2D eigenvalue weighted by Gasteiger charge is 2.49. The van der Waals surface area contributed by atoms with E-state index >= 15 is 0 Å². The van der Waals surface area contributed by atoms with Crippen molar-refractivity contribution >= 4 is 28.4 Å². The normalized spacial score (nSPS) is 22.5. The van der Waals surface area contributed by atoms with Gasteiger partial charge in [0.15, 0.2) is 11.5 Å². The van der Waals surface area contributed by atoms with Crippen molar-refractivity contribution in [2.75, 3.05) is 11.7 Å². The van der Waals surface area contributed by atoms with E-state index < -0.39 is 5.54 Å². The van der Waals surface area contributed by atoms with Crippen molar-refractivity contribution in [1.29, 1.82) is 0 Å². The fraction of sp³-hybridized carbons (Fsp3) is 0.385. The molecule has 7 heteroatoms. The largest absolute Gasteiger partial charge is 0.454 e. The van der Waals surface area contributed by atoms with E-state index in [9.17, 15) is 9.59 Å². The summed E-state index contributed by atoms with van der Waals surface area (Å²) in [6, 6.07) is 15.4. The van der Waals surface area contributed by atoms with E-state index in [1.165, 1.54) is 6.42 Å². The van der Waals surface area contributed by atoms with Gasteiger partial charge in [-0.15, -0.1) is 0 Å². The van der Waals surface area contributed by atoms with Gasteiger partial charge in [-0.1, -0.05) is 37.5 Å². The molecule has 1 aliphatic carbocycles. The SMILES string of the molecule is C[C@@]1(C(=O)NC2CCCCC2)Cn2c(cc3ccccc32)C(=O)N1c1ccc2c(c1)OCO2. The molecular weight excluding hydrogens is 418 g/mol. The number of anilines is 1. The minimum absolute atomic E-state index is 0.121. The summed E-state index contributed by atoms with van der Waals surface area (Å²) < 4.78 is 13.0. The molecular formula is C26H27N3O4. The lowest BCUT2D eigenvalue weighted by molar-refractivity contribution is -0.127. The number of fused-ring (bicyclic) bond motifs is 4. The van der Waals surface area contributed by atoms with Gasteiger partial charge in [0.25, 0.3) is 5.91 Å². The van der Waals surface area contributed by atoms with E-state index in [0.717, 1.165) is 36.6 Å². The monoisotopic (exact) mass is 445 g/mol. The van der Waals surface area contributed by atoms with Crippen molar-refractivity contribution < 1.29 is 19.1 Å². The van der Waals surface area contributed by atoms with E-state index in [0.29, 0.717) is 29.4 Å². The second kappa shape index (κ2) is 7.54. The molecule has 0 spiro atoms. The summed E-state index contributed by atoms with van der Waals surface area (Å²) in [5.74, 6) is 0.911. The molecule has 2 aliphatic heterocycles. The Morgan fingerprint density at radius 1 is 1.03 bits per heavy atom. The Bertz CT molecular complexity index is 1260. The molecule has 2 amide bonds. The van der Waals surface area contributed by atoms with E-state index in [1.807, 2.05) is 47.9 Å². The number of carbonyl (C=O) groups excluding carboxylic acids is 2. The van der Waals surface area contributed by atoms with Crippen LogP contribution in [0.15, 0.2) is 48.5 Å². The van der Waals surface area contributed by atoms with E-state index in [-0.39, 0.29) is 24.6 Å². The standard InChI is InChI=1S/C26H27N3O4/c1-26(25(31)27-18-8-3-2-4-9-18)15-28-20-10-6-5-7-17(20)13-21(28)24(30)29(26)19-11-12-22-23(14-19)33-16-32-22/h5-7,10-14,18H,2-4,8-9,15-16H2,1H3,(H,27,31)/t26-/m0/s1. The Hall–Kier alpha value is -3.48. The third kappa shape index (κ3) is 3.17. The van der Waals surface area contributed by atoms with Crippen LogP contribution in [0.2, 0.25) is 0 Å². The van der Waals surface area contributed by atoms with Gasteiger partial charge in [0.2, 0.25) is 12.7 Å². The van der Waals surface area contributed by atoms with E-state index in [2.05, 4.69) is 5.32 Å². The molecule has 1 saturated carbocycles. The number of amides is 2. The van der Waals surface area contributed by atoms with Crippen LogP contribution in [0.1, 0.15) is 49.5 Å². The van der Waals surface area contributed by atoms with Gasteiger partial charge < -0.3 is 19.4 Å². The summed E-state index contributed by atoms with van der Waals surface area (Å²) in [6.07, 6.45) is 5.43. The quantitative estimate of drug-likeness (QED) is 0.655. The van der Waals surface area contributed by atoms with Crippen molar-refractivity contribution in [1.82, 2.24) is 9.88 Å². The number of aromatic nitrogens is 1. The van der Waals surface area contributed by atoms with Crippen LogP contribution in [0.4, 0.5) is 5.69 Å². The molecule has 0 saturated heterocycles. The van der Waals surface area contributed by atoms with Crippen molar-refractivity contribution in [2.24, 2.45) is 0 Å². The van der Waals surface area contributed by atoms with Crippen LogP contribution in [0.5, 0.6) is 11.5 Å². The summed E-state index contributed by atoms with van der Waals surface area (Å²) in [4.78, 5) is 29.4. The van der Waals surface area contributed by atoms with Gasteiger partial charge in [-0.05, 0) is 44.0 Å². The van der Waals surface area contributed by atoms with Crippen LogP contribution in [0.25, 0.3) is 10.9 Å². The van der Waals surface area contributed by atoms with Gasteiger partial charge in [-0.3, -0.25) is 14.5 Å². The molecule has 3 heterocycles. The molecule has 6 rings (SSSR count). The van der Waals surface area contributed by atoms with Crippen LogP contribution < -0.4 is 19.7 Å². The molecule has 0 radical (unpaired) electrons. The molecule has 3 aliphatic rings. The molecule has 33 heavy (non-hydrogen) atoms. The van der Waals surface area contributed by atoms with Crippen LogP contribution in [0.3, 0.4) is 0 Å². The molecule has 0 unspecified atom stereocenters. The summed E-state index contributed by atoms with van der Waals surface area (Å²) in [7, 11) is 0. The number of nitrogens with zero attached hydrogens (tertiary/aromatic N) is 2. The molecule has 170 valence electrons. The highest BCUT2D eigenvalue weighted by atomic mass is 16.7. The van der Waals surface area contributed by atoms with Crippen molar-refractivity contribution in [3.8, 4) is 11.5 Å². The van der Waals surface area contributed by atoms with Crippen LogP contribution >= 0.6 is 0 Å². The number of para-hydroxylation sites is 1. The van der Waals surface area contributed by atoms with Crippen LogP contribution in [-0.4, -0.2) is 34.8 Å². The second-order valence-electron chi connectivity index (χ2n) is 9.43. The molecule has 1 fully saturated rings. The first-order valence-corrected chi connectivity index (χ1v) is 11.7. The predicted octanol–water partition coefficient (Wildman–Crippen LogP) is 4.24. The Labute approximate surface area is 192 Å². The average Bonchev–Trinajstić information content (AvgIpc) is 3.44. The van der Waals surface area contributed by atoms with Gasteiger partial charge in [0.1, 0.15) is 11.2 Å². The molecule has 0 bridgehead atoms. The molecule has 2 aromatic carbocycles. The smallest absolute Gasteiger partial charge is 0.275 e. The highest BCUT2D eigenvalue weighted by Crippen LogP contribution is 2.41. The molecule has 1 atom stereocenters. The summed E-state index contributed by atoms with van der Waals surface area (Å²) in [5.41, 5.74) is 1.07. The molecule has 7 nitrogen and oxygen atoms in total. The summed E-state index contributed by atoms with van der Waals surface area (Å²) in [6.45, 7) is 2.39. The van der Waals surface area contributed by atoms with Gasteiger partial charge in [-0.25, -0.2) is 0 Å². The zero-order valence-corrected chi connectivity index (χ0v) is 18.7. The maximum Gasteiger partial charge on any atom is 0.275 e. The topological polar surface area (TPSA) is 72.8 Å². The maximum atomic E-state index is 14.0. The number of nitrogens with one attached hydrogen (secondary N) is 1. The predicted molar refractivity (Wildman–Crippen MR) is 125 cm³/mol. The Morgan fingerprint density at radius 2 is 1.82 bits per heavy atom. The fourth-order valence-corrected chi connectivity index (χ4v) is 5.46. The van der Waals surface area contributed by atoms with Crippen LogP contribution in [0, 0.1) is 0 Å². The lowest BCUT2D eigenvalue weighted by Crippen LogP contribution is -2.65. The number of ether oxygens (including phenoxy) is 2. The second-order valence-corrected chi connectivity index (χ2v) is 9.43. The third-order valence-corrected chi connectivity index (χ3v) is 7.24. The van der Waals surface area contributed by atoms with E-state index in [4.69, 9.17) is 9.47 Å². The number of hydrogen-bond donors (Lipinski definition) is 1. The Balaban J connectivity index is 1.46. The molecule has 1 N–H and O–H groups in total. The fourth-order valence-electron chi connectivity index (χ4n) is 5.46. The minimum atomic E-state index is -1.10. The highest BCUT2D eigenvalue weighted by molar-refractivity contribution is 6.14. The zero-order valence-electron chi connectivity index (χ0n) is 18.7. The summed E-state index contributed by atoms with van der Waals surface area (Å²) in [5, 5.41) is 4.26. The average molecular weight is 446 g/mol. The molecule has 3 aromatic rings. The molecule has 1 aromatic heterocycles. The summed E-state index contributed by atoms with van der Waals surface area (Å²) >= 11 is 0. The minimum Gasteiger partial charge on any atom is -0.454 e. The van der Waals surface area contributed by atoms with E-state index in [1.54, 1.807) is 17.0 Å². The Morgan fingerprint density at radius 3 is 2.67 bits per heavy atom. The lowest BCUT2D eigenvalue weighted by Gasteiger charge is -2.44. The number of hydrogen-bond acceptors (Lipinski definition) is 4. The van der Waals surface area contributed by atoms with Crippen LogP contribution in [-0.2, 0) is 11.3 Å². The van der Waals surface area contributed by atoms with Gasteiger partial charge >= 0.3 is 0 Å². The van der Waals surface area contributed by atoms with Gasteiger partial charge in [-0.2, -0.15) is 0 Å². The Kier molecular flexibility index (Phi) is 4.60. The number of carbonyl (C=O) groups is 2. The first-order chi connectivity index (χ1) is 16.0. The van der Waals surface area contributed by atoms with Crippen molar-refractivity contribution in [3.05, 3.63) is 54.2 Å². The maximum absolute atomic E-state index is 14.0. The first kappa shape index (κ1) is 20.1. The third-order valence-electron chi connectivity index (χ3n) is 7.24. The lowest BCUT2D eigenvalue weighted by atomic mass is 9.91. The number of benzene rings is 2. The number of rotatable bonds is 3. The van der Waals surface area contributed by atoms with Gasteiger partial charge in [0, 0.05) is 28.7 Å².